The Balaban J connectivity index is 1.19. The number of ether oxygens (including phenoxy) is 2. The highest BCUT2D eigenvalue weighted by Gasteiger charge is 2.54. The molecule has 2 aliphatic carbocycles. The van der Waals surface area contributed by atoms with Gasteiger partial charge >= 0.3 is 12.2 Å². The lowest BCUT2D eigenvalue weighted by Crippen LogP contribution is -2.55. The van der Waals surface area contributed by atoms with Crippen molar-refractivity contribution in [2.45, 2.75) is 112 Å². The van der Waals surface area contributed by atoms with Crippen LogP contribution in [-0.2, 0) is 32.2 Å². The van der Waals surface area contributed by atoms with Gasteiger partial charge in [0.05, 0.1) is 16.6 Å². The Bertz CT molecular complexity index is 1380. The van der Waals surface area contributed by atoms with Gasteiger partial charge in [-0.1, -0.05) is 59.7 Å². The van der Waals surface area contributed by atoms with Crippen LogP contribution in [-0.4, -0.2) is 67.7 Å². The first-order chi connectivity index (χ1) is 21.4. The van der Waals surface area contributed by atoms with Crippen LogP contribution in [0.2, 0.25) is 0 Å². The zero-order chi connectivity index (χ0) is 31.9. The van der Waals surface area contributed by atoms with Crippen molar-refractivity contribution in [1.82, 2.24) is 20.4 Å². The average Bonchev–Trinajstić information content (AvgIpc) is 3.84. The topological polar surface area (TPSA) is 117 Å². The van der Waals surface area contributed by atoms with E-state index in [1.165, 1.54) is 15.9 Å². The molecule has 2 saturated carbocycles. The van der Waals surface area contributed by atoms with Crippen LogP contribution < -0.4 is 10.6 Å². The number of hydrogen-bond acceptors (Lipinski definition) is 6. The Morgan fingerprint density at radius 2 is 1.93 bits per heavy atom. The molecule has 0 radical (unpaired) electrons. The van der Waals surface area contributed by atoms with Crippen LogP contribution in [0.3, 0.4) is 0 Å². The number of nitrogens with zero attached hydrogens (tertiary/aromatic N) is 2. The molecule has 45 heavy (non-hydrogen) atoms. The van der Waals surface area contributed by atoms with E-state index in [9.17, 15) is 23.6 Å². The van der Waals surface area contributed by atoms with Gasteiger partial charge in [0.25, 0.3) is 0 Å². The number of nitrogens with one attached hydrogen (secondary N) is 2. The molecule has 12 heteroatoms. The summed E-state index contributed by atoms with van der Waals surface area (Å²) in [4.78, 5) is 57.1. The van der Waals surface area contributed by atoms with Crippen molar-refractivity contribution in [1.29, 1.82) is 0 Å². The summed E-state index contributed by atoms with van der Waals surface area (Å²) < 4.78 is 25.5. The number of carbonyl (C=O) groups is 4. The molecule has 10 nitrogen and oxygen atoms in total. The molecular weight excluding hydrogens is 694 g/mol. The molecular formula is C33H42FIN4O6. The zero-order valence-electron chi connectivity index (χ0n) is 25.9. The van der Waals surface area contributed by atoms with E-state index in [-0.39, 0.29) is 43.7 Å². The number of amides is 4. The first-order valence-corrected chi connectivity index (χ1v) is 17.2. The highest BCUT2D eigenvalue weighted by molar-refractivity contribution is 14.1. The van der Waals surface area contributed by atoms with Gasteiger partial charge in [-0.2, -0.15) is 0 Å². The number of rotatable bonds is 4. The smallest absolute Gasteiger partial charge is 0.410 e. The maximum atomic E-state index is 14.3. The fraction of sp³-hybridized carbons (Fsp3) is 0.636. The van der Waals surface area contributed by atoms with Gasteiger partial charge in [-0.3, -0.25) is 14.5 Å². The van der Waals surface area contributed by atoms with Gasteiger partial charge in [0.15, 0.2) is 0 Å². The number of allylic oxidation sites excluding steroid dienone is 1. The van der Waals surface area contributed by atoms with Crippen molar-refractivity contribution >= 4 is 46.6 Å². The van der Waals surface area contributed by atoms with E-state index in [1.54, 1.807) is 12.1 Å². The molecule has 4 amide bonds. The predicted octanol–water partition coefficient (Wildman–Crippen LogP) is 5.32. The van der Waals surface area contributed by atoms with Gasteiger partial charge in [0.1, 0.15) is 29.6 Å². The van der Waals surface area contributed by atoms with Gasteiger partial charge < -0.3 is 25.0 Å². The average molecular weight is 737 g/mol. The maximum Gasteiger partial charge on any atom is 0.410 e. The van der Waals surface area contributed by atoms with E-state index in [2.05, 4.69) is 45.4 Å². The van der Waals surface area contributed by atoms with Crippen LogP contribution in [0, 0.1) is 17.7 Å². The Morgan fingerprint density at radius 1 is 1.13 bits per heavy atom. The molecule has 0 spiro atoms. The largest absolute Gasteiger partial charge is 0.444 e. The standard InChI is InChI=1S/C33H42FIN4O6/c1-32(2,21-13-14-21)45-30(42)36-26-12-7-5-3-4-6-10-22-16-33(22,35)37-28(40)27-15-23(18-39(27)29(26)41)44-31(43)38-17-20-9-8-11-25(34)24(20)19-38/h6,8-11,21-23,26-27H,3-5,7,12-19H2,1-2H3,(H,36,42)(H,37,40)/b10-6-/t22-,23-,26+,27+,33-/m1/s1. The number of fused-ring (bicyclic) bond motifs is 3. The highest BCUT2D eigenvalue weighted by Crippen LogP contribution is 2.50. The monoisotopic (exact) mass is 736 g/mol. The molecule has 5 aliphatic rings. The normalized spacial score (nSPS) is 31.0. The minimum absolute atomic E-state index is 0.0101. The molecule has 5 atom stereocenters. The summed E-state index contributed by atoms with van der Waals surface area (Å²) in [6, 6.07) is 2.99. The molecule has 3 aliphatic heterocycles. The van der Waals surface area contributed by atoms with E-state index in [0.717, 1.165) is 44.1 Å². The van der Waals surface area contributed by atoms with E-state index < -0.39 is 45.4 Å². The quantitative estimate of drug-likeness (QED) is 0.187. The molecule has 1 aromatic carbocycles. The SMILES string of the molecule is CC(C)(OC(=O)N[C@H]1CCCCC/C=C\[C@@H]2C[C@@]2(I)NC(=O)[C@@H]2C[C@@H](OC(=O)N3Cc4cccc(F)c4C3)CN2C1=O)C1CC1. The molecule has 2 N–H and O–H groups in total. The first kappa shape index (κ1) is 32.1. The van der Waals surface area contributed by atoms with Gasteiger partial charge in [0.2, 0.25) is 11.8 Å². The van der Waals surface area contributed by atoms with Crippen molar-refractivity contribution in [3.05, 3.63) is 47.3 Å². The molecule has 1 aromatic rings. The molecule has 1 saturated heterocycles. The number of carbonyl (C=O) groups excluding carboxylic acids is 4. The molecule has 3 fully saturated rings. The van der Waals surface area contributed by atoms with E-state index in [4.69, 9.17) is 9.47 Å². The van der Waals surface area contributed by atoms with Crippen LogP contribution in [0.15, 0.2) is 30.4 Å². The number of alkyl halides is 1. The Labute approximate surface area is 276 Å². The third-order valence-corrected chi connectivity index (χ3v) is 11.3. The van der Waals surface area contributed by atoms with Crippen molar-refractivity contribution < 1.29 is 33.0 Å². The first-order valence-electron chi connectivity index (χ1n) is 16.1. The number of alkyl carbamates (subject to hydrolysis) is 1. The molecule has 3 heterocycles. The summed E-state index contributed by atoms with van der Waals surface area (Å²) in [6.45, 7) is 4.10. The van der Waals surface area contributed by atoms with E-state index >= 15 is 0 Å². The summed E-state index contributed by atoms with van der Waals surface area (Å²) in [5.41, 5.74) is 0.558. The third-order valence-electron chi connectivity index (χ3n) is 9.81. The summed E-state index contributed by atoms with van der Waals surface area (Å²) in [5, 5.41) is 5.96. The maximum absolute atomic E-state index is 14.3. The molecule has 0 unspecified atom stereocenters. The Hall–Kier alpha value is -2.90. The summed E-state index contributed by atoms with van der Waals surface area (Å²) in [6.07, 6.45) is 9.09. The fourth-order valence-corrected chi connectivity index (χ4v) is 7.74. The van der Waals surface area contributed by atoms with Gasteiger partial charge in [0, 0.05) is 24.4 Å². The van der Waals surface area contributed by atoms with E-state index in [0.29, 0.717) is 24.3 Å². The van der Waals surface area contributed by atoms with Crippen LogP contribution in [0.4, 0.5) is 14.0 Å². The lowest BCUT2D eigenvalue weighted by Gasteiger charge is -2.30. The summed E-state index contributed by atoms with van der Waals surface area (Å²) in [5.74, 6) is -0.561. The molecule has 244 valence electrons. The Kier molecular flexibility index (Phi) is 9.06. The predicted molar refractivity (Wildman–Crippen MR) is 171 cm³/mol. The molecule has 0 aromatic heterocycles. The van der Waals surface area contributed by atoms with Gasteiger partial charge in [-0.25, -0.2) is 14.0 Å². The summed E-state index contributed by atoms with van der Waals surface area (Å²) in [7, 11) is 0. The summed E-state index contributed by atoms with van der Waals surface area (Å²) >= 11 is 2.27. The van der Waals surface area contributed by atoms with Crippen molar-refractivity contribution in [3.8, 4) is 0 Å². The van der Waals surface area contributed by atoms with Crippen LogP contribution in [0.1, 0.15) is 82.8 Å². The second kappa shape index (κ2) is 12.7. The Morgan fingerprint density at radius 3 is 2.69 bits per heavy atom. The van der Waals surface area contributed by atoms with Gasteiger partial charge in [-0.05, 0) is 69.9 Å². The van der Waals surface area contributed by atoms with Crippen molar-refractivity contribution in [3.63, 3.8) is 0 Å². The lowest BCUT2D eigenvalue weighted by atomic mass is 10.0. The molecule has 6 rings (SSSR count). The minimum atomic E-state index is -0.892. The number of halogens is 2. The van der Waals surface area contributed by atoms with Crippen LogP contribution >= 0.6 is 22.6 Å². The zero-order valence-corrected chi connectivity index (χ0v) is 28.0. The van der Waals surface area contributed by atoms with Crippen molar-refractivity contribution in [2.75, 3.05) is 6.54 Å². The number of hydrogen-bond donors (Lipinski definition) is 2. The second-order valence-electron chi connectivity index (χ2n) is 13.7. The minimum Gasteiger partial charge on any atom is -0.444 e. The van der Waals surface area contributed by atoms with Crippen LogP contribution in [0.5, 0.6) is 0 Å². The van der Waals surface area contributed by atoms with E-state index in [1.807, 2.05) is 13.8 Å². The number of benzene rings is 1. The highest BCUT2D eigenvalue weighted by atomic mass is 127. The lowest BCUT2D eigenvalue weighted by molar-refractivity contribution is -0.140. The van der Waals surface area contributed by atoms with Crippen LogP contribution in [0.25, 0.3) is 0 Å². The van der Waals surface area contributed by atoms with Gasteiger partial charge in [-0.15, -0.1) is 0 Å². The van der Waals surface area contributed by atoms with Crippen molar-refractivity contribution in [2.24, 2.45) is 11.8 Å². The molecule has 0 bridgehead atoms. The second-order valence-corrected chi connectivity index (χ2v) is 15.6. The third kappa shape index (κ3) is 7.25. The fourth-order valence-electron chi connectivity index (χ4n) is 6.79.